The zero-order chi connectivity index (χ0) is 16.8. The molecular weight excluding hydrogens is 332 g/mol. The van der Waals surface area contributed by atoms with Gasteiger partial charge in [0.2, 0.25) is 11.8 Å². The number of rotatable bonds is 5. The van der Waals surface area contributed by atoms with E-state index in [0.717, 1.165) is 10.6 Å². The Balaban J connectivity index is 1.95. The molecule has 2 aromatic carbocycles. The summed E-state index contributed by atoms with van der Waals surface area (Å²) in [6, 6.07) is 14.5. The molecule has 0 heterocycles. The van der Waals surface area contributed by atoms with Crippen molar-refractivity contribution in [3.05, 3.63) is 53.6 Å². The molecule has 0 aliphatic heterocycles. The van der Waals surface area contributed by atoms with Gasteiger partial charge in [-0.05, 0) is 43.3 Å². The monoisotopic (exact) mass is 348 g/mol. The summed E-state index contributed by atoms with van der Waals surface area (Å²) in [4.78, 5) is 24.2. The quantitative estimate of drug-likeness (QED) is 0.786. The van der Waals surface area contributed by atoms with Crippen molar-refractivity contribution in [1.82, 2.24) is 0 Å². The maximum atomic E-state index is 12.2. The van der Waals surface area contributed by atoms with Gasteiger partial charge in [-0.25, -0.2) is 0 Å². The highest BCUT2D eigenvalue weighted by atomic mass is 35.5. The van der Waals surface area contributed by atoms with Gasteiger partial charge in [0.15, 0.2) is 0 Å². The first-order valence-electron chi connectivity index (χ1n) is 7.05. The molecule has 0 saturated carbocycles. The van der Waals surface area contributed by atoms with Crippen LogP contribution in [0.3, 0.4) is 0 Å². The number of benzene rings is 2. The Kier molecular flexibility index (Phi) is 6.07. The van der Waals surface area contributed by atoms with Gasteiger partial charge in [-0.1, -0.05) is 23.7 Å². The smallest absolute Gasteiger partial charge is 0.237 e. The van der Waals surface area contributed by atoms with E-state index in [1.54, 1.807) is 12.1 Å². The second kappa shape index (κ2) is 8.04. The summed E-state index contributed by atoms with van der Waals surface area (Å²) in [5.74, 6) is -0.230. The summed E-state index contributed by atoms with van der Waals surface area (Å²) >= 11 is 7.47. The molecule has 2 N–H and O–H groups in total. The standard InChI is InChI=1S/C17H17ClN2O2S/c1-11(17(22)20-16-6-4-3-5-15(16)18)23-14-9-7-13(8-10-14)19-12(2)21/h3-11H,1-2H3,(H,19,21)(H,20,22). The zero-order valence-electron chi connectivity index (χ0n) is 12.8. The normalized spacial score (nSPS) is 11.6. The van der Waals surface area contributed by atoms with Crippen molar-refractivity contribution < 1.29 is 9.59 Å². The van der Waals surface area contributed by atoms with Crippen LogP contribution in [0.4, 0.5) is 11.4 Å². The van der Waals surface area contributed by atoms with Crippen LogP contribution >= 0.6 is 23.4 Å². The van der Waals surface area contributed by atoms with E-state index < -0.39 is 0 Å². The molecule has 0 aliphatic carbocycles. The molecular formula is C17H17ClN2O2S. The predicted octanol–water partition coefficient (Wildman–Crippen LogP) is 4.42. The van der Waals surface area contributed by atoms with Gasteiger partial charge in [-0.2, -0.15) is 0 Å². The van der Waals surface area contributed by atoms with E-state index in [4.69, 9.17) is 11.6 Å². The van der Waals surface area contributed by atoms with Crippen molar-refractivity contribution >= 4 is 46.6 Å². The highest BCUT2D eigenvalue weighted by molar-refractivity contribution is 8.00. The summed E-state index contributed by atoms with van der Waals surface area (Å²) in [5, 5.41) is 5.76. The fourth-order valence-electron chi connectivity index (χ4n) is 1.87. The minimum absolute atomic E-state index is 0.113. The Hall–Kier alpha value is -1.98. The lowest BCUT2D eigenvalue weighted by molar-refractivity contribution is -0.115. The number of para-hydroxylation sites is 1. The van der Waals surface area contributed by atoms with Crippen LogP contribution in [-0.4, -0.2) is 17.1 Å². The van der Waals surface area contributed by atoms with Gasteiger partial charge in [-0.3, -0.25) is 9.59 Å². The molecule has 0 bridgehead atoms. The first-order valence-corrected chi connectivity index (χ1v) is 8.31. The maximum absolute atomic E-state index is 12.2. The van der Waals surface area contributed by atoms with Gasteiger partial charge < -0.3 is 10.6 Å². The maximum Gasteiger partial charge on any atom is 0.237 e. The minimum Gasteiger partial charge on any atom is -0.326 e. The van der Waals surface area contributed by atoms with Crippen molar-refractivity contribution in [3.8, 4) is 0 Å². The molecule has 0 aliphatic rings. The van der Waals surface area contributed by atoms with Crippen molar-refractivity contribution in [3.63, 3.8) is 0 Å². The number of thioether (sulfide) groups is 1. The van der Waals surface area contributed by atoms with E-state index in [1.165, 1.54) is 18.7 Å². The van der Waals surface area contributed by atoms with Crippen LogP contribution < -0.4 is 10.6 Å². The SMILES string of the molecule is CC(=O)Nc1ccc(SC(C)C(=O)Nc2ccccc2Cl)cc1. The Bertz CT molecular complexity index is 704. The number of carbonyl (C=O) groups is 2. The summed E-state index contributed by atoms with van der Waals surface area (Å²) < 4.78 is 0. The molecule has 2 rings (SSSR count). The molecule has 2 amide bonds. The first kappa shape index (κ1) is 17.4. The van der Waals surface area contributed by atoms with Crippen LogP contribution in [0, 0.1) is 0 Å². The summed E-state index contributed by atoms with van der Waals surface area (Å²) in [5.41, 5.74) is 1.34. The summed E-state index contributed by atoms with van der Waals surface area (Å²) in [6.07, 6.45) is 0. The number of amides is 2. The molecule has 4 nitrogen and oxygen atoms in total. The summed E-state index contributed by atoms with van der Waals surface area (Å²) in [6.45, 7) is 3.29. The van der Waals surface area contributed by atoms with E-state index in [0.29, 0.717) is 10.7 Å². The molecule has 6 heteroatoms. The van der Waals surface area contributed by atoms with Crippen molar-refractivity contribution in [2.45, 2.75) is 24.0 Å². The van der Waals surface area contributed by atoms with Crippen molar-refractivity contribution in [2.24, 2.45) is 0 Å². The molecule has 2 aromatic rings. The first-order chi connectivity index (χ1) is 11.0. The number of hydrogen-bond acceptors (Lipinski definition) is 3. The fourth-order valence-corrected chi connectivity index (χ4v) is 2.93. The Morgan fingerprint density at radius 3 is 2.30 bits per heavy atom. The summed E-state index contributed by atoms with van der Waals surface area (Å²) in [7, 11) is 0. The number of halogens is 1. The van der Waals surface area contributed by atoms with Crippen LogP contribution in [0.1, 0.15) is 13.8 Å². The Morgan fingerprint density at radius 1 is 1.04 bits per heavy atom. The highest BCUT2D eigenvalue weighted by Crippen LogP contribution is 2.27. The van der Waals surface area contributed by atoms with Gasteiger partial charge >= 0.3 is 0 Å². The Labute approximate surface area is 144 Å². The lowest BCUT2D eigenvalue weighted by atomic mass is 10.3. The number of nitrogens with one attached hydrogen (secondary N) is 2. The second-order valence-electron chi connectivity index (χ2n) is 4.93. The van der Waals surface area contributed by atoms with E-state index in [2.05, 4.69) is 10.6 Å². The van der Waals surface area contributed by atoms with E-state index in [1.807, 2.05) is 43.3 Å². The number of hydrogen-bond donors (Lipinski definition) is 2. The molecule has 23 heavy (non-hydrogen) atoms. The highest BCUT2D eigenvalue weighted by Gasteiger charge is 2.15. The van der Waals surface area contributed by atoms with Crippen LogP contribution in [0.25, 0.3) is 0 Å². The molecule has 0 saturated heterocycles. The van der Waals surface area contributed by atoms with Gasteiger partial charge in [0.1, 0.15) is 0 Å². The second-order valence-corrected chi connectivity index (χ2v) is 6.76. The molecule has 0 fully saturated rings. The average molecular weight is 349 g/mol. The molecule has 1 atom stereocenters. The lowest BCUT2D eigenvalue weighted by Crippen LogP contribution is -2.22. The van der Waals surface area contributed by atoms with E-state index in [9.17, 15) is 9.59 Å². The van der Waals surface area contributed by atoms with Crippen LogP contribution in [0.15, 0.2) is 53.4 Å². The predicted molar refractivity (Wildman–Crippen MR) is 96.1 cm³/mol. The largest absolute Gasteiger partial charge is 0.326 e. The van der Waals surface area contributed by atoms with Crippen molar-refractivity contribution in [2.75, 3.05) is 10.6 Å². The molecule has 120 valence electrons. The van der Waals surface area contributed by atoms with Crippen molar-refractivity contribution in [1.29, 1.82) is 0 Å². The third kappa shape index (κ3) is 5.30. The van der Waals surface area contributed by atoms with Gasteiger partial charge in [0, 0.05) is 17.5 Å². The third-order valence-corrected chi connectivity index (χ3v) is 4.43. The Morgan fingerprint density at radius 2 is 1.70 bits per heavy atom. The van der Waals surface area contributed by atoms with E-state index in [-0.39, 0.29) is 17.1 Å². The van der Waals surface area contributed by atoms with Gasteiger partial charge in [0.25, 0.3) is 0 Å². The average Bonchev–Trinajstić information content (AvgIpc) is 2.51. The topological polar surface area (TPSA) is 58.2 Å². The fraction of sp³-hybridized carbons (Fsp3) is 0.176. The van der Waals surface area contributed by atoms with Gasteiger partial charge in [-0.15, -0.1) is 11.8 Å². The van der Waals surface area contributed by atoms with Crippen LogP contribution in [0.5, 0.6) is 0 Å². The van der Waals surface area contributed by atoms with Crippen LogP contribution in [0.2, 0.25) is 5.02 Å². The molecule has 1 unspecified atom stereocenters. The lowest BCUT2D eigenvalue weighted by Gasteiger charge is -2.13. The van der Waals surface area contributed by atoms with Gasteiger partial charge in [0.05, 0.1) is 16.0 Å². The third-order valence-electron chi connectivity index (χ3n) is 2.99. The zero-order valence-corrected chi connectivity index (χ0v) is 14.4. The number of carbonyl (C=O) groups excluding carboxylic acids is 2. The number of anilines is 2. The molecule has 0 spiro atoms. The van der Waals surface area contributed by atoms with E-state index >= 15 is 0 Å². The van der Waals surface area contributed by atoms with Crippen LogP contribution in [-0.2, 0) is 9.59 Å². The molecule has 0 aromatic heterocycles. The minimum atomic E-state index is -0.280. The molecule has 0 radical (unpaired) electrons.